The summed E-state index contributed by atoms with van der Waals surface area (Å²) in [5, 5.41) is 10.4. The third kappa shape index (κ3) is 5.37. The van der Waals surface area contributed by atoms with Gasteiger partial charge in [-0.1, -0.05) is 96.0 Å². The molecular weight excluding hydrogens is 532 g/mol. The molecule has 0 spiro atoms. The second-order valence-electron chi connectivity index (χ2n) is 14.0. The lowest BCUT2D eigenvalue weighted by molar-refractivity contribution is -0.162. The van der Waals surface area contributed by atoms with Crippen molar-refractivity contribution in [2.45, 2.75) is 141 Å². The molecule has 0 aromatic heterocycles. The van der Waals surface area contributed by atoms with Crippen LogP contribution in [0.15, 0.2) is 30.3 Å². The lowest BCUT2D eigenvalue weighted by Gasteiger charge is -2.46. The maximum atomic E-state index is 14.7. The van der Waals surface area contributed by atoms with E-state index in [4.69, 9.17) is 4.74 Å². The number of esters is 1. The molecule has 0 aliphatic heterocycles. The summed E-state index contributed by atoms with van der Waals surface area (Å²) in [5.41, 5.74) is -1.67. The highest BCUT2D eigenvalue weighted by Gasteiger charge is 2.68. The van der Waals surface area contributed by atoms with E-state index in [-0.39, 0.29) is 23.3 Å². The van der Waals surface area contributed by atoms with Gasteiger partial charge >= 0.3 is 5.97 Å². The summed E-state index contributed by atoms with van der Waals surface area (Å²) in [6, 6.07) is 11.8. The Balaban J connectivity index is 1.47. The van der Waals surface area contributed by atoms with Gasteiger partial charge in [0.25, 0.3) is 0 Å². The Bertz CT molecular complexity index is 1190. The average molecular weight is 583 g/mol. The number of hydrogen-bond acceptors (Lipinski definition) is 5. The summed E-state index contributed by atoms with van der Waals surface area (Å²) >= 11 is 0. The van der Waals surface area contributed by atoms with Gasteiger partial charge in [-0.2, -0.15) is 9.57 Å². The minimum atomic E-state index is -3.62. The topological polar surface area (TPSA) is 87.5 Å². The molecule has 0 saturated heterocycles. The van der Waals surface area contributed by atoms with Crippen molar-refractivity contribution in [3.05, 3.63) is 35.9 Å². The molecule has 4 aliphatic carbocycles. The Morgan fingerprint density at radius 1 is 1.00 bits per heavy atom. The van der Waals surface area contributed by atoms with Crippen molar-refractivity contribution in [2.24, 2.45) is 16.7 Å². The summed E-state index contributed by atoms with van der Waals surface area (Å²) < 4.78 is 37.8. The van der Waals surface area contributed by atoms with Gasteiger partial charge in [0, 0.05) is 17.5 Å². The number of fused-ring (bicyclic) bond motifs is 2. The Hall–Kier alpha value is -1.91. The molecule has 6 nitrogen and oxygen atoms in total. The zero-order valence-corrected chi connectivity index (χ0v) is 26.3. The fourth-order valence-electron chi connectivity index (χ4n) is 9.19. The van der Waals surface area contributed by atoms with Gasteiger partial charge in [0.15, 0.2) is 5.41 Å². The quantitative estimate of drug-likeness (QED) is 0.271. The van der Waals surface area contributed by atoms with E-state index in [9.17, 15) is 18.5 Å². The summed E-state index contributed by atoms with van der Waals surface area (Å²) in [4.78, 5) is 14.1. The van der Waals surface area contributed by atoms with E-state index in [1.807, 2.05) is 41.6 Å². The predicted octanol–water partition coefficient (Wildman–Crippen LogP) is 7.28. The van der Waals surface area contributed by atoms with Gasteiger partial charge in [-0.05, 0) is 68.3 Å². The molecule has 7 heteroatoms. The van der Waals surface area contributed by atoms with E-state index in [2.05, 4.69) is 19.9 Å². The van der Waals surface area contributed by atoms with Crippen molar-refractivity contribution in [1.29, 1.82) is 5.26 Å². The lowest BCUT2D eigenvalue weighted by atomic mass is 9.69. The van der Waals surface area contributed by atoms with Crippen molar-refractivity contribution in [3.8, 4) is 6.07 Å². The smallest absolute Gasteiger partial charge is 0.331 e. The van der Waals surface area contributed by atoms with E-state index in [1.165, 1.54) is 12.8 Å². The van der Waals surface area contributed by atoms with E-state index in [1.54, 1.807) is 0 Å². The number of benzene rings is 1. The van der Waals surface area contributed by atoms with Gasteiger partial charge in [0.2, 0.25) is 10.0 Å². The molecule has 0 amide bonds. The molecule has 226 valence electrons. The highest BCUT2D eigenvalue weighted by molar-refractivity contribution is 7.89. The molecule has 0 unspecified atom stereocenters. The molecule has 0 heterocycles. The molecule has 1 aromatic carbocycles. The Morgan fingerprint density at radius 3 is 2.10 bits per heavy atom. The number of carbonyl (C=O) groups excluding carboxylic acids is 1. The summed E-state index contributed by atoms with van der Waals surface area (Å²) in [6.45, 7) is 6.36. The minimum absolute atomic E-state index is 0.0348. The third-order valence-electron chi connectivity index (χ3n) is 11.7. The maximum absolute atomic E-state index is 14.7. The second-order valence-corrected chi connectivity index (χ2v) is 15.9. The van der Waals surface area contributed by atoms with Crippen LogP contribution in [0.25, 0.3) is 0 Å². The monoisotopic (exact) mass is 582 g/mol. The summed E-state index contributed by atoms with van der Waals surface area (Å²) in [5.74, 6) is -0.185. The lowest BCUT2D eigenvalue weighted by Crippen LogP contribution is -2.55. The fourth-order valence-corrected chi connectivity index (χ4v) is 12.0. The fraction of sp³-hybridized carbons (Fsp3) is 0.765. The first kappa shape index (κ1) is 30.5. The molecular formula is C34H50N2O4S. The summed E-state index contributed by atoms with van der Waals surface area (Å²) in [7, 11) is -3.62. The Morgan fingerprint density at radius 2 is 1.59 bits per heavy atom. The van der Waals surface area contributed by atoms with E-state index in [0.29, 0.717) is 30.7 Å². The van der Waals surface area contributed by atoms with Crippen LogP contribution in [-0.4, -0.2) is 42.6 Å². The van der Waals surface area contributed by atoms with Crippen molar-refractivity contribution in [3.63, 3.8) is 0 Å². The van der Waals surface area contributed by atoms with Crippen LogP contribution in [0.1, 0.15) is 123 Å². The summed E-state index contributed by atoms with van der Waals surface area (Å²) in [6.07, 6.45) is 13.4. The molecule has 41 heavy (non-hydrogen) atoms. The third-order valence-corrected chi connectivity index (χ3v) is 13.8. The second kappa shape index (κ2) is 12.0. The SMILES string of the molecule is CCC[C@](C#N)(C(=O)O[C@@H]1C[C@H]2CC[C@]1(CS(=O)(=O)N(C1CCCCC1)C1CCCCC1)C2(C)C)c1ccccc1. The highest BCUT2D eigenvalue weighted by atomic mass is 32.2. The van der Waals surface area contributed by atoms with Gasteiger partial charge in [0.1, 0.15) is 6.10 Å². The van der Waals surface area contributed by atoms with Crippen LogP contribution in [0.2, 0.25) is 0 Å². The van der Waals surface area contributed by atoms with Crippen molar-refractivity contribution >= 4 is 16.0 Å². The maximum Gasteiger partial charge on any atom is 0.331 e. The van der Waals surface area contributed by atoms with Gasteiger partial charge in [-0.25, -0.2) is 13.2 Å². The molecule has 4 saturated carbocycles. The van der Waals surface area contributed by atoms with Crippen LogP contribution in [-0.2, 0) is 25.0 Å². The Kier molecular flexibility index (Phi) is 8.94. The molecule has 4 atom stereocenters. The standard InChI is InChI=1S/C34H50N2O4S/c1-4-21-33(24-35,26-14-8-5-9-15-26)31(37)40-30-23-27-20-22-34(30,32(27,2)3)25-41(38,39)36(28-16-10-6-11-17-28)29-18-12-7-13-19-29/h5,8-9,14-15,27-30H,4,6-7,10-13,16-23,25H2,1-3H3/t27-,30-,33-,34-/m1/s1. The Labute approximate surface area is 248 Å². The van der Waals surface area contributed by atoms with Crippen LogP contribution >= 0.6 is 0 Å². The van der Waals surface area contributed by atoms with Gasteiger partial charge < -0.3 is 4.74 Å². The molecule has 5 rings (SSSR count). The zero-order valence-electron chi connectivity index (χ0n) is 25.4. The number of ether oxygens (including phenoxy) is 1. The van der Waals surface area contributed by atoms with Crippen LogP contribution < -0.4 is 0 Å². The van der Waals surface area contributed by atoms with E-state index in [0.717, 1.165) is 64.2 Å². The first-order valence-electron chi connectivity index (χ1n) is 16.3. The molecule has 0 N–H and O–H groups in total. The highest BCUT2D eigenvalue weighted by Crippen LogP contribution is 2.67. The number of sulfonamides is 1. The first-order valence-corrected chi connectivity index (χ1v) is 17.9. The predicted molar refractivity (Wildman–Crippen MR) is 161 cm³/mol. The van der Waals surface area contributed by atoms with Crippen LogP contribution in [0.3, 0.4) is 0 Å². The minimum Gasteiger partial charge on any atom is -0.460 e. The number of nitrogens with zero attached hydrogens (tertiary/aromatic N) is 2. The van der Waals surface area contributed by atoms with Crippen molar-refractivity contribution in [2.75, 3.05) is 5.75 Å². The van der Waals surface area contributed by atoms with Crippen molar-refractivity contribution in [1.82, 2.24) is 4.31 Å². The molecule has 0 radical (unpaired) electrons. The van der Waals surface area contributed by atoms with Gasteiger partial charge in [-0.3, -0.25) is 0 Å². The number of carbonyl (C=O) groups is 1. The van der Waals surface area contributed by atoms with Gasteiger partial charge in [0.05, 0.1) is 11.8 Å². The zero-order chi connectivity index (χ0) is 29.3. The first-order chi connectivity index (χ1) is 19.6. The number of hydrogen-bond donors (Lipinski definition) is 0. The van der Waals surface area contributed by atoms with E-state index < -0.39 is 32.9 Å². The normalized spacial score (nSPS) is 30.1. The van der Waals surface area contributed by atoms with Gasteiger partial charge in [-0.15, -0.1) is 0 Å². The van der Waals surface area contributed by atoms with E-state index >= 15 is 0 Å². The average Bonchev–Trinajstić information content (AvgIpc) is 3.32. The molecule has 4 aliphatic rings. The molecule has 1 aromatic rings. The van der Waals surface area contributed by atoms with Crippen LogP contribution in [0, 0.1) is 28.1 Å². The van der Waals surface area contributed by atoms with Crippen molar-refractivity contribution < 1.29 is 17.9 Å². The molecule has 2 bridgehead atoms. The van der Waals surface area contributed by atoms with Crippen LogP contribution in [0.5, 0.6) is 0 Å². The van der Waals surface area contributed by atoms with Crippen LogP contribution in [0.4, 0.5) is 0 Å². The number of nitriles is 1. The number of rotatable bonds is 10. The molecule has 4 fully saturated rings. The largest absolute Gasteiger partial charge is 0.460 e.